The molecule has 0 bridgehead atoms. The predicted octanol–water partition coefficient (Wildman–Crippen LogP) is 2.47. The summed E-state index contributed by atoms with van der Waals surface area (Å²) >= 11 is 0. The lowest BCUT2D eigenvalue weighted by Gasteiger charge is -2.42. The van der Waals surface area contributed by atoms with Crippen LogP contribution in [0.3, 0.4) is 0 Å². The Bertz CT molecular complexity index is 250. The standard InChI is InChI=1S/C16H32N2O/c1-16(2,3)14-19-10-9-18-12-15(13-18)11-17-7-5-4-6-8-17/h15H,4-14H2,1-3H3. The molecule has 0 saturated carbocycles. The van der Waals surface area contributed by atoms with Crippen molar-refractivity contribution < 1.29 is 4.74 Å². The van der Waals surface area contributed by atoms with Crippen LogP contribution in [0, 0.1) is 11.3 Å². The van der Waals surface area contributed by atoms with E-state index < -0.39 is 0 Å². The fourth-order valence-electron chi connectivity index (χ4n) is 3.05. The molecule has 19 heavy (non-hydrogen) atoms. The van der Waals surface area contributed by atoms with Crippen LogP contribution in [0.4, 0.5) is 0 Å². The minimum Gasteiger partial charge on any atom is -0.380 e. The van der Waals surface area contributed by atoms with Crippen molar-refractivity contribution in [3.63, 3.8) is 0 Å². The van der Waals surface area contributed by atoms with Gasteiger partial charge < -0.3 is 14.5 Å². The van der Waals surface area contributed by atoms with E-state index in [1.165, 1.54) is 52.0 Å². The normalized spacial score (nSPS) is 23.5. The van der Waals surface area contributed by atoms with E-state index in [1.807, 2.05) is 0 Å². The van der Waals surface area contributed by atoms with Gasteiger partial charge in [-0.25, -0.2) is 0 Å². The van der Waals surface area contributed by atoms with E-state index in [0.29, 0.717) is 5.41 Å². The van der Waals surface area contributed by atoms with Crippen molar-refractivity contribution in [2.45, 2.75) is 40.0 Å². The van der Waals surface area contributed by atoms with E-state index in [4.69, 9.17) is 4.74 Å². The Morgan fingerprint density at radius 3 is 2.32 bits per heavy atom. The van der Waals surface area contributed by atoms with E-state index in [-0.39, 0.29) is 0 Å². The number of piperidine rings is 1. The molecule has 0 radical (unpaired) electrons. The molecule has 112 valence electrons. The summed E-state index contributed by atoms with van der Waals surface area (Å²) in [5, 5.41) is 0. The molecule has 2 aliphatic rings. The highest BCUT2D eigenvalue weighted by Crippen LogP contribution is 2.19. The van der Waals surface area contributed by atoms with Gasteiger partial charge in [-0.2, -0.15) is 0 Å². The van der Waals surface area contributed by atoms with Crippen LogP contribution >= 0.6 is 0 Å². The van der Waals surface area contributed by atoms with Crippen molar-refractivity contribution in [3.8, 4) is 0 Å². The van der Waals surface area contributed by atoms with Crippen molar-refractivity contribution in [3.05, 3.63) is 0 Å². The molecule has 0 aliphatic carbocycles. The van der Waals surface area contributed by atoms with Gasteiger partial charge in [0, 0.05) is 26.2 Å². The first-order valence-corrected chi connectivity index (χ1v) is 8.05. The molecular formula is C16H32N2O. The van der Waals surface area contributed by atoms with Crippen LogP contribution < -0.4 is 0 Å². The Balaban J connectivity index is 1.47. The lowest BCUT2D eigenvalue weighted by molar-refractivity contribution is 0.0134. The molecule has 0 N–H and O–H groups in total. The molecule has 0 spiro atoms. The molecule has 2 saturated heterocycles. The molecule has 3 nitrogen and oxygen atoms in total. The quantitative estimate of drug-likeness (QED) is 0.688. The largest absolute Gasteiger partial charge is 0.380 e. The second-order valence-corrected chi connectivity index (χ2v) is 7.60. The second kappa shape index (κ2) is 7.05. The third-order valence-electron chi connectivity index (χ3n) is 4.08. The molecule has 0 atom stereocenters. The molecule has 0 aromatic heterocycles. The topological polar surface area (TPSA) is 15.7 Å². The molecule has 0 aromatic rings. The Hall–Kier alpha value is -0.120. The van der Waals surface area contributed by atoms with Gasteiger partial charge >= 0.3 is 0 Å². The molecule has 2 heterocycles. The molecule has 0 amide bonds. The molecule has 2 fully saturated rings. The number of nitrogens with zero attached hydrogens (tertiary/aromatic N) is 2. The summed E-state index contributed by atoms with van der Waals surface area (Å²) in [6.45, 7) is 16.2. The molecule has 2 rings (SSSR count). The molecule has 0 unspecified atom stereocenters. The lowest BCUT2D eigenvalue weighted by Crippen LogP contribution is -2.52. The maximum absolute atomic E-state index is 5.74. The zero-order valence-electron chi connectivity index (χ0n) is 13.2. The van der Waals surface area contributed by atoms with Gasteiger partial charge in [-0.05, 0) is 37.3 Å². The van der Waals surface area contributed by atoms with Crippen LogP contribution in [0.25, 0.3) is 0 Å². The van der Waals surface area contributed by atoms with Gasteiger partial charge in [0.25, 0.3) is 0 Å². The Morgan fingerprint density at radius 2 is 1.68 bits per heavy atom. The summed E-state index contributed by atoms with van der Waals surface area (Å²) in [4.78, 5) is 5.21. The smallest absolute Gasteiger partial charge is 0.0593 e. The maximum Gasteiger partial charge on any atom is 0.0593 e. The van der Waals surface area contributed by atoms with Crippen LogP contribution in [-0.4, -0.2) is 62.3 Å². The van der Waals surface area contributed by atoms with Gasteiger partial charge in [-0.1, -0.05) is 27.2 Å². The molecule has 3 heteroatoms. The number of ether oxygens (including phenoxy) is 1. The third-order valence-corrected chi connectivity index (χ3v) is 4.08. The number of hydrogen-bond donors (Lipinski definition) is 0. The SMILES string of the molecule is CC(C)(C)COCCN1CC(CN2CCCCC2)C1. The first kappa shape index (κ1) is 15.3. The highest BCUT2D eigenvalue weighted by atomic mass is 16.5. The zero-order chi connectivity index (χ0) is 13.7. The first-order chi connectivity index (χ1) is 9.03. The summed E-state index contributed by atoms with van der Waals surface area (Å²) in [6, 6.07) is 0. The average molecular weight is 268 g/mol. The Morgan fingerprint density at radius 1 is 1.00 bits per heavy atom. The molecular weight excluding hydrogens is 236 g/mol. The summed E-state index contributed by atoms with van der Waals surface area (Å²) in [6.07, 6.45) is 4.27. The number of hydrogen-bond acceptors (Lipinski definition) is 3. The highest BCUT2D eigenvalue weighted by Gasteiger charge is 2.28. The number of rotatable bonds is 6. The van der Waals surface area contributed by atoms with Crippen molar-refractivity contribution in [2.24, 2.45) is 11.3 Å². The van der Waals surface area contributed by atoms with Gasteiger partial charge in [-0.3, -0.25) is 0 Å². The van der Waals surface area contributed by atoms with E-state index >= 15 is 0 Å². The monoisotopic (exact) mass is 268 g/mol. The van der Waals surface area contributed by atoms with Crippen LogP contribution in [0.1, 0.15) is 40.0 Å². The molecule has 0 aromatic carbocycles. The minimum atomic E-state index is 0.297. The summed E-state index contributed by atoms with van der Waals surface area (Å²) in [5.74, 6) is 0.917. The van der Waals surface area contributed by atoms with Crippen LogP contribution in [-0.2, 0) is 4.74 Å². The summed E-state index contributed by atoms with van der Waals surface area (Å²) < 4.78 is 5.74. The van der Waals surface area contributed by atoms with E-state index in [9.17, 15) is 0 Å². The number of likely N-dealkylation sites (tertiary alicyclic amines) is 2. The van der Waals surface area contributed by atoms with Crippen molar-refractivity contribution in [1.82, 2.24) is 9.80 Å². The lowest BCUT2D eigenvalue weighted by atomic mass is 9.98. The first-order valence-electron chi connectivity index (χ1n) is 8.05. The van der Waals surface area contributed by atoms with Gasteiger partial charge in [0.15, 0.2) is 0 Å². The van der Waals surface area contributed by atoms with Crippen molar-refractivity contribution >= 4 is 0 Å². The van der Waals surface area contributed by atoms with Crippen LogP contribution in [0.2, 0.25) is 0 Å². The average Bonchev–Trinajstić information content (AvgIpc) is 2.30. The van der Waals surface area contributed by atoms with Crippen molar-refractivity contribution in [2.75, 3.05) is 52.5 Å². The highest BCUT2D eigenvalue weighted by molar-refractivity contribution is 4.83. The second-order valence-electron chi connectivity index (χ2n) is 7.60. The van der Waals surface area contributed by atoms with E-state index in [2.05, 4.69) is 30.6 Å². The zero-order valence-corrected chi connectivity index (χ0v) is 13.2. The van der Waals surface area contributed by atoms with E-state index in [1.54, 1.807) is 0 Å². The van der Waals surface area contributed by atoms with Gasteiger partial charge in [-0.15, -0.1) is 0 Å². The fraction of sp³-hybridized carbons (Fsp3) is 1.00. The van der Waals surface area contributed by atoms with E-state index in [0.717, 1.165) is 25.7 Å². The van der Waals surface area contributed by atoms with Gasteiger partial charge in [0.2, 0.25) is 0 Å². The van der Waals surface area contributed by atoms with Crippen molar-refractivity contribution in [1.29, 1.82) is 0 Å². The Kier molecular flexibility index (Phi) is 5.67. The van der Waals surface area contributed by atoms with Gasteiger partial charge in [0.05, 0.1) is 13.2 Å². The third kappa shape index (κ3) is 5.80. The molecule has 2 aliphatic heterocycles. The van der Waals surface area contributed by atoms with Crippen LogP contribution in [0.5, 0.6) is 0 Å². The maximum atomic E-state index is 5.74. The fourth-order valence-corrected chi connectivity index (χ4v) is 3.05. The van der Waals surface area contributed by atoms with Crippen LogP contribution in [0.15, 0.2) is 0 Å². The predicted molar refractivity (Wildman–Crippen MR) is 80.5 cm³/mol. The Labute approximate surface area is 119 Å². The minimum absolute atomic E-state index is 0.297. The summed E-state index contributed by atoms with van der Waals surface area (Å²) in [7, 11) is 0. The summed E-state index contributed by atoms with van der Waals surface area (Å²) in [5.41, 5.74) is 0.297. The van der Waals surface area contributed by atoms with Gasteiger partial charge in [0.1, 0.15) is 0 Å².